The number of halogens is 1. The molecule has 0 bridgehead atoms. The fourth-order valence-corrected chi connectivity index (χ4v) is 3.75. The van der Waals surface area contributed by atoms with Crippen molar-refractivity contribution in [2.75, 3.05) is 13.7 Å². The molecule has 0 unspecified atom stereocenters. The minimum absolute atomic E-state index is 0.299. The molecular formula is C18H23ClN4O2Si. The normalized spacial score (nSPS) is 11.9. The molecule has 8 heteroatoms. The van der Waals surface area contributed by atoms with Crippen molar-refractivity contribution in [1.82, 2.24) is 19.5 Å². The zero-order valence-electron chi connectivity index (χ0n) is 15.5. The van der Waals surface area contributed by atoms with E-state index < -0.39 is 8.07 Å². The second-order valence-corrected chi connectivity index (χ2v) is 13.3. The minimum Gasteiger partial charge on any atom is -0.467 e. The van der Waals surface area contributed by atoms with Gasteiger partial charge in [0.1, 0.15) is 6.73 Å². The molecule has 0 N–H and O–H groups in total. The van der Waals surface area contributed by atoms with Crippen LogP contribution in [0.2, 0.25) is 30.7 Å². The molecule has 0 aliphatic carbocycles. The molecule has 0 amide bonds. The number of fused-ring (bicyclic) bond motifs is 1. The summed E-state index contributed by atoms with van der Waals surface area (Å²) in [6.45, 7) is 8.14. The van der Waals surface area contributed by atoms with Crippen molar-refractivity contribution in [3.8, 4) is 17.4 Å². The minimum atomic E-state index is -1.14. The van der Waals surface area contributed by atoms with E-state index in [1.165, 1.54) is 0 Å². The Kier molecular flexibility index (Phi) is 5.60. The average Bonchev–Trinajstić information content (AvgIpc) is 2.90. The van der Waals surface area contributed by atoms with E-state index in [0.29, 0.717) is 23.5 Å². The zero-order valence-corrected chi connectivity index (χ0v) is 17.2. The Morgan fingerprint density at radius 2 is 2.00 bits per heavy atom. The van der Waals surface area contributed by atoms with Gasteiger partial charge in [0.05, 0.1) is 29.0 Å². The Balaban J connectivity index is 1.99. The highest BCUT2D eigenvalue weighted by Crippen LogP contribution is 2.36. The standard InChI is InChI=1S/C18H23ClN4O2Si/c1-24-18-21-8-5-14(22-18)17-16(19)13-11-20-7-6-15(13)23(17)12-25-9-10-26(2,3)4/h5-8,11H,9-10,12H2,1-4H3. The van der Waals surface area contributed by atoms with Crippen molar-refractivity contribution in [2.45, 2.75) is 32.4 Å². The van der Waals surface area contributed by atoms with Crippen LogP contribution in [0.25, 0.3) is 22.3 Å². The van der Waals surface area contributed by atoms with E-state index in [-0.39, 0.29) is 0 Å². The Labute approximate surface area is 159 Å². The topological polar surface area (TPSA) is 62.1 Å². The third kappa shape index (κ3) is 4.06. The van der Waals surface area contributed by atoms with E-state index in [2.05, 4.69) is 34.6 Å². The van der Waals surface area contributed by atoms with E-state index in [9.17, 15) is 0 Å². The molecule has 0 saturated carbocycles. The summed E-state index contributed by atoms with van der Waals surface area (Å²) in [5.41, 5.74) is 2.43. The van der Waals surface area contributed by atoms with Crippen LogP contribution in [0, 0.1) is 0 Å². The second-order valence-electron chi connectivity index (χ2n) is 7.26. The Morgan fingerprint density at radius 1 is 1.19 bits per heavy atom. The van der Waals surface area contributed by atoms with E-state index in [1.807, 2.05) is 16.7 Å². The maximum Gasteiger partial charge on any atom is 0.316 e. The molecule has 0 aliphatic heterocycles. The lowest BCUT2D eigenvalue weighted by atomic mass is 10.2. The SMILES string of the molecule is COc1nccc(-c2c(Cl)c3cnccc3n2COCC[Si](C)(C)C)n1. The van der Waals surface area contributed by atoms with Gasteiger partial charge in [0.15, 0.2) is 0 Å². The van der Waals surface area contributed by atoms with Crippen LogP contribution in [-0.4, -0.2) is 41.3 Å². The molecule has 3 heterocycles. The van der Waals surface area contributed by atoms with Gasteiger partial charge < -0.3 is 14.0 Å². The zero-order chi connectivity index (χ0) is 18.7. The Hall–Kier alpha value is -1.96. The first-order valence-corrected chi connectivity index (χ1v) is 12.6. The molecule has 138 valence electrons. The van der Waals surface area contributed by atoms with Gasteiger partial charge in [0.2, 0.25) is 0 Å². The van der Waals surface area contributed by atoms with Crippen molar-refractivity contribution < 1.29 is 9.47 Å². The van der Waals surface area contributed by atoms with Gasteiger partial charge in [-0.25, -0.2) is 4.98 Å². The number of pyridine rings is 1. The second kappa shape index (κ2) is 7.73. The van der Waals surface area contributed by atoms with Crippen LogP contribution < -0.4 is 4.74 Å². The molecule has 3 aromatic rings. The van der Waals surface area contributed by atoms with Crippen molar-refractivity contribution in [3.05, 3.63) is 35.7 Å². The summed E-state index contributed by atoms with van der Waals surface area (Å²) in [5.74, 6) is 0. The molecule has 0 spiro atoms. The molecule has 6 nitrogen and oxygen atoms in total. The molecule has 26 heavy (non-hydrogen) atoms. The van der Waals surface area contributed by atoms with E-state index in [4.69, 9.17) is 21.1 Å². The molecule has 0 fully saturated rings. The molecule has 0 saturated heterocycles. The number of hydrogen-bond acceptors (Lipinski definition) is 5. The lowest BCUT2D eigenvalue weighted by Gasteiger charge is -2.17. The van der Waals surface area contributed by atoms with Crippen molar-refractivity contribution >= 4 is 30.6 Å². The van der Waals surface area contributed by atoms with Gasteiger partial charge in [-0.15, -0.1) is 0 Å². The van der Waals surface area contributed by atoms with Crippen molar-refractivity contribution in [3.63, 3.8) is 0 Å². The summed E-state index contributed by atoms with van der Waals surface area (Å²) in [4.78, 5) is 12.7. The quantitative estimate of drug-likeness (QED) is 0.440. The molecule has 0 aromatic carbocycles. The van der Waals surface area contributed by atoms with Crippen LogP contribution in [0.15, 0.2) is 30.7 Å². The summed E-state index contributed by atoms with van der Waals surface area (Å²) < 4.78 is 13.2. The van der Waals surface area contributed by atoms with Crippen molar-refractivity contribution in [1.29, 1.82) is 0 Å². The van der Waals surface area contributed by atoms with Gasteiger partial charge in [0, 0.05) is 38.7 Å². The van der Waals surface area contributed by atoms with Crippen LogP contribution in [-0.2, 0) is 11.5 Å². The highest BCUT2D eigenvalue weighted by molar-refractivity contribution is 6.76. The molecule has 3 aromatic heterocycles. The van der Waals surface area contributed by atoms with E-state index >= 15 is 0 Å². The molecule has 0 radical (unpaired) electrons. The number of hydrogen-bond donors (Lipinski definition) is 0. The third-order valence-corrected chi connectivity index (χ3v) is 6.17. The van der Waals surface area contributed by atoms with Gasteiger partial charge in [-0.2, -0.15) is 4.98 Å². The predicted molar refractivity (Wildman–Crippen MR) is 106 cm³/mol. The lowest BCUT2D eigenvalue weighted by Crippen LogP contribution is -2.22. The molecule has 0 atom stereocenters. The van der Waals surface area contributed by atoms with E-state index in [0.717, 1.165) is 29.2 Å². The Morgan fingerprint density at radius 3 is 2.73 bits per heavy atom. The first-order valence-electron chi connectivity index (χ1n) is 8.47. The van der Waals surface area contributed by atoms with Crippen LogP contribution in [0.4, 0.5) is 0 Å². The highest BCUT2D eigenvalue weighted by Gasteiger charge is 2.20. The van der Waals surface area contributed by atoms with Gasteiger partial charge in [-0.05, 0) is 18.2 Å². The molecular weight excluding hydrogens is 368 g/mol. The van der Waals surface area contributed by atoms with Crippen LogP contribution >= 0.6 is 11.6 Å². The monoisotopic (exact) mass is 390 g/mol. The van der Waals surface area contributed by atoms with Gasteiger partial charge in [-0.3, -0.25) is 4.98 Å². The van der Waals surface area contributed by atoms with Crippen LogP contribution in [0.5, 0.6) is 6.01 Å². The summed E-state index contributed by atoms with van der Waals surface area (Å²) in [6.07, 6.45) is 5.17. The molecule has 3 rings (SSSR count). The maximum absolute atomic E-state index is 6.67. The molecule has 0 aliphatic rings. The number of rotatable bonds is 7. The van der Waals surface area contributed by atoms with Crippen molar-refractivity contribution in [2.24, 2.45) is 0 Å². The number of ether oxygens (including phenoxy) is 2. The van der Waals surface area contributed by atoms with Crippen LogP contribution in [0.3, 0.4) is 0 Å². The summed E-state index contributed by atoms with van der Waals surface area (Å²) in [6, 6.07) is 5.16. The lowest BCUT2D eigenvalue weighted by molar-refractivity contribution is 0.0912. The average molecular weight is 391 g/mol. The van der Waals surface area contributed by atoms with E-state index in [1.54, 1.807) is 25.7 Å². The van der Waals surface area contributed by atoms with Gasteiger partial charge in [-0.1, -0.05) is 31.2 Å². The largest absolute Gasteiger partial charge is 0.467 e. The first kappa shape index (κ1) is 18.8. The predicted octanol–water partition coefficient (Wildman–Crippen LogP) is 4.47. The smallest absolute Gasteiger partial charge is 0.316 e. The number of nitrogens with zero attached hydrogens (tertiary/aromatic N) is 4. The third-order valence-electron chi connectivity index (χ3n) is 4.08. The first-order chi connectivity index (χ1) is 12.4. The highest BCUT2D eigenvalue weighted by atomic mass is 35.5. The van der Waals surface area contributed by atoms with Gasteiger partial charge in [0.25, 0.3) is 0 Å². The summed E-state index contributed by atoms with van der Waals surface area (Å²) in [7, 11) is 0.400. The maximum atomic E-state index is 6.67. The fraction of sp³-hybridized carbons (Fsp3) is 0.389. The van der Waals surface area contributed by atoms with Gasteiger partial charge >= 0.3 is 6.01 Å². The number of aromatic nitrogens is 4. The summed E-state index contributed by atoms with van der Waals surface area (Å²) in [5, 5.41) is 1.47. The Bertz CT molecular complexity index is 908. The number of methoxy groups -OCH3 is 1. The van der Waals surface area contributed by atoms with Crippen LogP contribution in [0.1, 0.15) is 0 Å². The summed E-state index contributed by atoms with van der Waals surface area (Å²) >= 11 is 6.67. The fourth-order valence-electron chi connectivity index (χ4n) is 2.65.